The van der Waals surface area contributed by atoms with E-state index in [-0.39, 0.29) is 29.1 Å². The first-order chi connectivity index (χ1) is 18.1. The zero-order valence-corrected chi connectivity index (χ0v) is 21.3. The van der Waals surface area contributed by atoms with Gasteiger partial charge in [0, 0.05) is 30.2 Å². The van der Waals surface area contributed by atoms with Crippen molar-refractivity contribution in [3.8, 4) is 5.75 Å². The zero-order chi connectivity index (χ0) is 28.0. The monoisotopic (exact) mass is 524 g/mol. The van der Waals surface area contributed by atoms with Gasteiger partial charge >= 0.3 is 17.9 Å². The molecule has 2 aromatic rings. The summed E-state index contributed by atoms with van der Waals surface area (Å²) in [5, 5.41) is 24.1. The fourth-order valence-electron chi connectivity index (χ4n) is 4.49. The number of ether oxygens (including phenoxy) is 3. The van der Waals surface area contributed by atoms with E-state index in [1.54, 1.807) is 31.2 Å². The Balaban J connectivity index is 2.19. The molecule has 3 atom stereocenters. The number of phenols is 1. The van der Waals surface area contributed by atoms with Crippen LogP contribution in [-0.2, 0) is 35.0 Å². The molecule has 0 spiro atoms. The van der Waals surface area contributed by atoms with Gasteiger partial charge in [-0.1, -0.05) is 29.8 Å². The summed E-state index contributed by atoms with van der Waals surface area (Å²) in [6, 6.07) is 10.9. The first-order valence-electron chi connectivity index (χ1n) is 11.6. The van der Waals surface area contributed by atoms with Crippen molar-refractivity contribution in [3.05, 3.63) is 92.7 Å². The molecule has 2 N–H and O–H groups in total. The Morgan fingerprint density at radius 1 is 1.05 bits per heavy atom. The summed E-state index contributed by atoms with van der Waals surface area (Å²) in [6.45, 7) is 1.66. The molecule has 200 valence electrons. The normalized spacial score (nSPS) is 17.6. The Hall–Kier alpha value is -4.67. The van der Waals surface area contributed by atoms with Crippen molar-refractivity contribution in [2.45, 2.75) is 25.3 Å². The molecule has 0 radical (unpaired) electrons. The van der Waals surface area contributed by atoms with Crippen LogP contribution >= 0.6 is 0 Å². The SMILES string of the molecule is COC(=O)C1=C(N[C@@H](Cc2ccc(O)cc2)C(=O)OC)C=C(C)[C@H](C(=O)OC)[C@H]1c1cccc([N+](=O)[O-])c1. The van der Waals surface area contributed by atoms with Crippen molar-refractivity contribution in [2.75, 3.05) is 21.3 Å². The van der Waals surface area contributed by atoms with E-state index < -0.39 is 40.7 Å². The van der Waals surface area contributed by atoms with Gasteiger partial charge < -0.3 is 24.6 Å². The number of nitrogens with one attached hydrogen (secondary N) is 1. The molecule has 0 fully saturated rings. The van der Waals surface area contributed by atoms with Gasteiger partial charge in [0.05, 0.1) is 37.7 Å². The molecule has 0 amide bonds. The number of phenolic OH excluding ortho intramolecular Hbond substituents is 1. The van der Waals surface area contributed by atoms with Crippen molar-refractivity contribution >= 4 is 23.6 Å². The first kappa shape index (κ1) is 27.9. The summed E-state index contributed by atoms with van der Waals surface area (Å²) >= 11 is 0. The molecule has 1 aliphatic rings. The minimum absolute atomic E-state index is 0.00592. The molecule has 38 heavy (non-hydrogen) atoms. The fourth-order valence-corrected chi connectivity index (χ4v) is 4.49. The Morgan fingerprint density at radius 3 is 2.32 bits per heavy atom. The summed E-state index contributed by atoms with van der Waals surface area (Å²) in [5.41, 5.74) is 1.47. The van der Waals surface area contributed by atoms with Crippen LogP contribution in [-0.4, -0.2) is 55.3 Å². The summed E-state index contributed by atoms with van der Waals surface area (Å²) in [4.78, 5) is 49.7. The molecular formula is C27H28N2O9. The lowest BCUT2D eigenvalue weighted by molar-refractivity contribution is -0.384. The molecular weight excluding hydrogens is 496 g/mol. The molecule has 0 unspecified atom stereocenters. The number of benzene rings is 2. The lowest BCUT2D eigenvalue weighted by atomic mass is 9.72. The van der Waals surface area contributed by atoms with Gasteiger partial charge in [-0.3, -0.25) is 14.9 Å². The third-order valence-corrected chi connectivity index (χ3v) is 6.29. The molecule has 0 bridgehead atoms. The van der Waals surface area contributed by atoms with Gasteiger partial charge in [0.15, 0.2) is 0 Å². The predicted octanol–water partition coefficient (Wildman–Crippen LogP) is 2.93. The van der Waals surface area contributed by atoms with Gasteiger partial charge in [-0.2, -0.15) is 0 Å². The Kier molecular flexibility index (Phi) is 8.85. The molecule has 11 heteroatoms. The minimum atomic E-state index is -1.02. The van der Waals surface area contributed by atoms with E-state index in [4.69, 9.17) is 14.2 Å². The van der Waals surface area contributed by atoms with E-state index in [1.807, 2.05) is 0 Å². The van der Waals surface area contributed by atoms with Crippen molar-refractivity contribution in [1.82, 2.24) is 5.32 Å². The summed E-state index contributed by atoms with van der Waals surface area (Å²) in [7, 11) is 3.61. The number of nitro groups is 1. The van der Waals surface area contributed by atoms with Crippen molar-refractivity contribution in [2.24, 2.45) is 5.92 Å². The van der Waals surface area contributed by atoms with Gasteiger partial charge in [-0.25, -0.2) is 9.59 Å². The quantitative estimate of drug-likeness (QED) is 0.217. The number of aromatic hydroxyl groups is 1. The Morgan fingerprint density at radius 2 is 1.74 bits per heavy atom. The van der Waals surface area contributed by atoms with E-state index in [9.17, 15) is 29.6 Å². The molecule has 0 aliphatic heterocycles. The third kappa shape index (κ3) is 6.00. The minimum Gasteiger partial charge on any atom is -0.508 e. The lowest BCUT2D eigenvalue weighted by Crippen LogP contribution is -2.42. The first-order valence-corrected chi connectivity index (χ1v) is 11.6. The maximum Gasteiger partial charge on any atom is 0.336 e. The molecule has 0 aromatic heterocycles. The lowest BCUT2D eigenvalue weighted by Gasteiger charge is -2.33. The van der Waals surface area contributed by atoms with Gasteiger partial charge in [-0.15, -0.1) is 0 Å². The van der Waals surface area contributed by atoms with Crippen LogP contribution in [0.1, 0.15) is 24.0 Å². The van der Waals surface area contributed by atoms with Crippen LogP contribution in [0.25, 0.3) is 0 Å². The number of nitro benzene ring substituents is 1. The number of non-ortho nitro benzene ring substituents is 1. The number of hydrogen-bond donors (Lipinski definition) is 2. The second-order valence-electron chi connectivity index (χ2n) is 8.63. The van der Waals surface area contributed by atoms with Crippen LogP contribution in [0, 0.1) is 16.0 Å². The van der Waals surface area contributed by atoms with Gasteiger partial charge in [-0.05, 0) is 36.3 Å². The number of allylic oxidation sites excluding steroid dienone is 1. The highest BCUT2D eigenvalue weighted by Crippen LogP contribution is 2.43. The second-order valence-corrected chi connectivity index (χ2v) is 8.63. The van der Waals surface area contributed by atoms with Crippen LogP contribution in [0.2, 0.25) is 0 Å². The second kappa shape index (κ2) is 12.0. The number of nitrogens with zero attached hydrogens (tertiary/aromatic N) is 1. The number of carbonyl (C=O) groups is 3. The van der Waals surface area contributed by atoms with E-state index in [2.05, 4.69) is 5.32 Å². The largest absolute Gasteiger partial charge is 0.508 e. The molecule has 0 saturated carbocycles. The Labute approximate surface area is 218 Å². The predicted molar refractivity (Wildman–Crippen MR) is 135 cm³/mol. The number of carbonyl (C=O) groups excluding carboxylic acids is 3. The number of esters is 3. The average Bonchev–Trinajstić information content (AvgIpc) is 2.92. The van der Waals surface area contributed by atoms with Gasteiger partial charge in [0.2, 0.25) is 0 Å². The van der Waals surface area contributed by atoms with E-state index >= 15 is 0 Å². The van der Waals surface area contributed by atoms with Gasteiger partial charge in [0.25, 0.3) is 5.69 Å². The highest BCUT2D eigenvalue weighted by Gasteiger charge is 2.42. The smallest absolute Gasteiger partial charge is 0.336 e. The van der Waals surface area contributed by atoms with E-state index in [0.717, 1.165) is 0 Å². The van der Waals surface area contributed by atoms with Crippen molar-refractivity contribution in [1.29, 1.82) is 0 Å². The van der Waals surface area contributed by atoms with Crippen LogP contribution in [0.15, 0.2) is 71.5 Å². The van der Waals surface area contributed by atoms with Crippen molar-refractivity contribution < 1.29 is 38.6 Å². The topological polar surface area (TPSA) is 154 Å². The zero-order valence-electron chi connectivity index (χ0n) is 21.3. The van der Waals surface area contributed by atoms with Crippen LogP contribution in [0.3, 0.4) is 0 Å². The highest BCUT2D eigenvalue weighted by molar-refractivity contribution is 5.95. The van der Waals surface area contributed by atoms with Gasteiger partial charge in [0.1, 0.15) is 11.8 Å². The molecule has 0 heterocycles. The molecule has 3 rings (SSSR count). The molecule has 0 saturated heterocycles. The molecule has 2 aromatic carbocycles. The molecule has 11 nitrogen and oxygen atoms in total. The standard InChI is InChI=1S/C27H28N2O9/c1-15-12-20(28-21(25(31)36-2)13-16-8-10-19(30)11-9-16)24(27(33)38-4)23(22(15)26(32)37-3)17-6-5-7-18(14-17)29(34)35/h5-12,14,21-23,28,30H,13H2,1-4H3/t21-,22-,23+/m0/s1. The summed E-state index contributed by atoms with van der Waals surface area (Å²) in [6.07, 6.45) is 1.69. The van der Waals surface area contributed by atoms with E-state index in [0.29, 0.717) is 16.7 Å². The van der Waals surface area contributed by atoms with Crippen LogP contribution < -0.4 is 5.32 Å². The number of rotatable bonds is 9. The molecule has 1 aliphatic carbocycles. The van der Waals surface area contributed by atoms with Crippen molar-refractivity contribution in [3.63, 3.8) is 0 Å². The van der Waals surface area contributed by atoms with E-state index in [1.165, 1.54) is 51.7 Å². The van der Waals surface area contributed by atoms with Crippen LogP contribution in [0.4, 0.5) is 5.69 Å². The Bertz CT molecular complexity index is 1300. The maximum atomic E-state index is 13.2. The number of methoxy groups -OCH3 is 3. The maximum absolute atomic E-state index is 13.2. The third-order valence-electron chi connectivity index (χ3n) is 6.29. The van der Waals surface area contributed by atoms with Crippen LogP contribution in [0.5, 0.6) is 5.75 Å². The number of hydrogen-bond acceptors (Lipinski definition) is 10. The average molecular weight is 525 g/mol. The summed E-state index contributed by atoms with van der Waals surface area (Å²) < 4.78 is 15.0. The fraction of sp³-hybridized carbons (Fsp3) is 0.296. The highest BCUT2D eigenvalue weighted by atomic mass is 16.6. The summed E-state index contributed by atoms with van der Waals surface area (Å²) in [5.74, 6) is -4.02.